The SMILES string of the molecule is C=CCSSC/C=C/SC[C@H](NC(=O)CC[C@H](N)C(=O)O)C(=O)NCC(=O)O. The van der Waals surface area contributed by atoms with E-state index in [9.17, 15) is 19.2 Å². The van der Waals surface area contributed by atoms with Crippen molar-refractivity contribution in [2.24, 2.45) is 5.73 Å². The highest BCUT2D eigenvalue weighted by Gasteiger charge is 2.22. The van der Waals surface area contributed by atoms with E-state index in [2.05, 4.69) is 17.2 Å². The van der Waals surface area contributed by atoms with Crippen LogP contribution in [0.3, 0.4) is 0 Å². The minimum Gasteiger partial charge on any atom is -0.480 e. The zero-order valence-corrected chi connectivity index (χ0v) is 17.6. The molecule has 0 aliphatic rings. The first-order chi connectivity index (χ1) is 13.3. The summed E-state index contributed by atoms with van der Waals surface area (Å²) in [5, 5.41) is 23.9. The molecule has 0 aromatic heterocycles. The van der Waals surface area contributed by atoms with E-state index in [0.29, 0.717) is 0 Å². The van der Waals surface area contributed by atoms with E-state index in [1.54, 1.807) is 27.0 Å². The minimum absolute atomic E-state index is 0.0721. The van der Waals surface area contributed by atoms with Crippen LogP contribution in [0, 0.1) is 0 Å². The Labute approximate surface area is 175 Å². The van der Waals surface area contributed by atoms with Gasteiger partial charge in [-0.1, -0.05) is 33.7 Å². The zero-order chi connectivity index (χ0) is 21.4. The first-order valence-corrected chi connectivity index (χ1v) is 11.7. The molecule has 9 nitrogen and oxygen atoms in total. The second-order valence-electron chi connectivity index (χ2n) is 5.28. The molecular formula is C16H25N3O6S3. The highest BCUT2D eigenvalue weighted by molar-refractivity contribution is 8.76. The summed E-state index contributed by atoms with van der Waals surface area (Å²) >= 11 is 1.29. The van der Waals surface area contributed by atoms with Crippen LogP contribution in [-0.2, 0) is 19.2 Å². The van der Waals surface area contributed by atoms with Crippen molar-refractivity contribution in [3.8, 4) is 0 Å². The van der Waals surface area contributed by atoms with Gasteiger partial charge in [0.2, 0.25) is 11.8 Å². The number of carboxylic acids is 2. The molecule has 2 amide bonds. The minimum atomic E-state index is -1.21. The quantitative estimate of drug-likeness (QED) is 0.128. The molecule has 0 spiro atoms. The Morgan fingerprint density at radius 1 is 1.14 bits per heavy atom. The molecule has 0 fully saturated rings. The molecule has 2 atom stereocenters. The van der Waals surface area contributed by atoms with Crippen molar-refractivity contribution in [3.63, 3.8) is 0 Å². The van der Waals surface area contributed by atoms with Crippen LogP contribution in [0.4, 0.5) is 0 Å². The van der Waals surface area contributed by atoms with Gasteiger partial charge in [0.25, 0.3) is 0 Å². The maximum absolute atomic E-state index is 12.1. The van der Waals surface area contributed by atoms with Gasteiger partial charge in [-0.3, -0.25) is 19.2 Å². The fourth-order valence-electron chi connectivity index (χ4n) is 1.59. The van der Waals surface area contributed by atoms with Gasteiger partial charge in [0, 0.05) is 23.7 Å². The topological polar surface area (TPSA) is 159 Å². The lowest BCUT2D eigenvalue weighted by molar-refractivity contribution is -0.139. The molecule has 0 radical (unpaired) electrons. The van der Waals surface area contributed by atoms with Crippen LogP contribution >= 0.6 is 33.3 Å². The summed E-state index contributed by atoms with van der Waals surface area (Å²) in [7, 11) is 3.31. The Hall–Kier alpha value is -1.63. The number of carbonyl (C=O) groups excluding carboxylic acids is 2. The van der Waals surface area contributed by atoms with Gasteiger partial charge in [-0.2, -0.15) is 0 Å². The normalized spacial score (nSPS) is 12.9. The summed E-state index contributed by atoms with van der Waals surface area (Å²) in [6.07, 6.45) is 3.49. The zero-order valence-electron chi connectivity index (χ0n) is 15.2. The molecule has 0 aliphatic carbocycles. The van der Waals surface area contributed by atoms with Crippen molar-refractivity contribution in [1.29, 1.82) is 0 Å². The van der Waals surface area contributed by atoms with Crippen LogP contribution in [0.1, 0.15) is 12.8 Å². The van der Waals surface area contributed by atoms with Crippen molar-refractivity contribution in [2.45, 2.75) is 24.9 Å². The number of thioether (sulfide) groups is 1. The van der Waals surface area contributed by atoms with E-state index in [0.717, 1.165) is 11.5 Å². The van der Waals surface area contributed by atoms with Gasteiger partial charge >= 0.3 is 11.9 Å². The fourth-order valence-corrected chi connectivity index (χ4v) is 4.05. The standard InChI is InChI=1S/C16H25N3O6S3/c1-2-6-27-28-8-3-7-26-10-12(15(23)18-9-14(21)22)19-13(20)5-4-11(17)16(24)25/h2-3,7,11-12H,1,4-6,8-10,17H2,(H,18,23)(H,19,20)(H,21,22)(H,24,25)/b7-3+/t11-,12-/m0/s1. The third kappa shape index (κ3) is 14.4. The van der Waals surface area contributed by atoms with Crippen molar-refractivity contribution >= 4 is 57.1 Å². The molecule has 0 aromatic rings. The lowest BCUT2D eigenvalue weighted by atomic mass is 10.1. The highest BCUT2D eigenvalue weighted by atomic mass is 33.1. The number of nitrogens with one attached hydrogen (secondary N) is 2. The number of amides is 2. The van der Waals surface area contributed by atoms with Crippen LogP contribution in [0.25, 0.3) is 0 Å². The summed E-state index contributed by atoms with van der Waals surface area (Å²) in [4.78, 5) is 45.3. The molecule has 0 unspecified atom stereocenters. The fraction of sp³-hybridized carbons (Fsp3) is 0.500. The van der Waals surface area contributed by atoms with Gasteiger partial charge < -0.3 is 26.6 Å². The average molecular weight is 452 g/mol. The Morgan fingerprint density at radius 2 is 1.82 bits per heavy atom. The summed E-state index contributed by atoms with van der Waals surface area (Å²) in [5.74, 6) is -1.78. The van der Waals surface area contributed by atoms with E-state index in [4.69, 9.17) is 15.9 Å². The average Bonchev–Trinajstić information content (AvgIpc) is 2.64. The summed E-state index contributed by atoms with van der Waals surface area (Å²) in [6.45, 7) is 3.06. The molecule has 0 aliphatic heterocycles. The Kier molecular flexibility index (Phi) is 15.4. The number of aliphatic carboxylic acids is 2. The first kappa shape index (κ1) is 26.4. The maximum atomic E-state index is 12.1. The summed E-state index contributed by atoms with van der Waals surface area (Å²) in [6, 6.07) is -2.12. The maximum Gasteiger partial charge on any atom is 0.322 e. The Balaban J connectivity index is 4.52. The van der Waals surface area contributed by atoms with Crippen LogP contribution in [0.15, 0.2) is 24.1 Å². The molecular weight excluding hydrogens is 426 g/mol. The molecule has 0 rings (SSSR count). The molecule has 0 heterocycles. The first-order valence-electron chi connectivity index (χ1n) is 8.17. The Morgan fingerprint density at radius 3 is 2.43 bits per heavy atom. The smallest absolute Gasteiger partial charge is 0.322 e. The Bertz CT molecular complexity index is 574. The summed E-state index contributed by atoms with van der Waals surface area (Å²) in [5.41, 5.74) is 5.35. The molecule has 0 bridgehead atoms. The van der Waals surface area contributed by atoms with Gasteiger partial charge in [-0.25, -0.2) is 0 Å². The largest absolute Gasteiger partial charge is 0.480 e. The van der Waals surface area contributed by atoms with Crippen LogP contribution < -0.4 is 16.4 Å². The van der Waals surface area contributed by atoms with Gasteiger partial charge in [0.1, 0.15) is 18.6 Å². The van der Waals surface area contributed by atoms with Crippen molar-refractivity contribution < 1.29 is 29.4 Å². The van der Waals surface area contributed by atoms with Gasteiger partial charge in [0.15, 0.2) is 0 Å². The molecule has 0 saturated carbocycles. The van der Waals surface area contributed by atoms with Crippen molar-refractivity contribution in [1.82, 2.24) is 10.6 Å². The second-order valence-corrected chi connectivity index (χ2v) is 8.77. The predicted octanol–water partition coefficient (Wildman–Crippen LogP) is 0.678. The number of rotatable bonds is 16. The molecule has 28 heavy (non-hydrogen) atoms. The van der Waals surface area contributed by atoms with Gasteiger partial charge in [-0.15, -0.1) is 18.3 Å². The second kappa shape index (κ2) is 16.3. The van der Waals surface area contributed by atoms with Crippen LogP contribution in [0.2, 0.25) is 0 Å². The van der Waals surface area contributed by atoms with E-state index in [-0.39, 0.29) is 18.6 Å². The molecule has 158 valence electrons. The predicted molar refractivity (Wildman–Crippen MR) is 114 cm³/mol. The lowest BCUT2D eigenvalue weighted by Crippen LogP contribution is -2.49. The summed E-state index contributed by atoms with van der Waals surface area (Å²) < 4.78 is 0. The van der Waals surface area contributed by atoms with E-state index in [1.807, 2.05) is 12.2 Å². The van der Waals surface area contributed by atoms with E-state index < -0.39 is 42.4 Å². The number of nitrogens with two attached hydrogens (primary N) is 1. The van der Waals surface area contributed by atoms with Crippen molar-refractivity contribution in [2.75, 3.05) is 23.8 Å². The van der Waals surface area contributed by atoms with Gasteiger partial charge in [0.05, 0.1) is 0 Å². The van der Waals surface area contributed by atoms with Crippen LogP contribution in [0.5, 0.6) is 0 Å². The lowest BCUT2D eigenvalue weighted by Gasteiger charge is -2.17. The molecule has 0 aromatic carbocycles. The van der Waals surface area contributed by atoms with Crippen LogP contribution in [-0.4, -0.2) is 69.9 Å². The van der Waals surface area contributed by atoms with E-state index in [1.165, 1.54) is 11.8 Å². The van der Waals surface area contributed by atoms with Gasteiger partial charge in [-0.05, 0) is 11.8 Å². The number of hydrogen-bond donors (Lipinski definition) is 5. The number of carboxylic acid groups (broad SMARTS) is 2. The third-order valence-electron chi connectivity index (χ3n) is 2.95. The highest BCUT2D eigenvalue weighted by Crippen LogP contribution is 2.21. The monoisotopic (exact) mass is 451 g/mol. The molecule has 0 saturated heterocycles. The molecule has 6 N–H and O–H groups in total. The molecule has 12 heteroatoms. The number of carbonyl (C=O) groups is 4. The number of hydrogen-bond acceptors (Lipinski definition) is 8. The third-order valence-corrected chi connectivity index (χ3v) is 6.05. The van der Waals surface area contributed by atoms with Crippen molar-refractivity contribution in [3.05, 3.63) is 24.1 Å². The van der Waals surface area contributed by atoms with E-state index >= 15 is 0 Å².